The summed E-state index contributed by atoms with van der Waals surface area (Å²) in [5.41, 5.74) is 0. The molecule has 0 saturated heterocycles. The number of rotatable bonds is 3. The quantitative estimate of drug-likeness (QED) is 0.541. The molecular formula is C3HCl3F4S. The minimum atomic E-state index is -4.53. The third-order valence-electron chi connectivity index (χ3n) is 0.759. The molecule has 0 heterocycles. The Morgan fingerprint density at radius 3 is 1.64 bits per heavy atom. The van der Waals surface area contributed by atoms with Crippen molar-refractivity contribution in [2.75, 3.05) is 0 Å². The SMILES string of the molecule is FC(F)C(F)(F)C(Cl)(Cl)SCl. The lowest BCUT2D eigenvalue weighted by Gasteiger charge is -2.25. The number of halogens is 7. The molecule has 0 atom stereocenters. The molecule has 0 bridgehead atoms. The van der Waals surface area contributed by atoms with Crippen LogP contribution in [0.1, 0.15) is 0 Å². The molecule has 0 amide bonds. The van der Waals surface area contributed by atoms with E-state index in [2.05, 4.69) is 0 Å². The zero-order valence-electron chi connectivity index (χ0n) is 4.63. The summed E-state index contributed by atoms with van der Waals surface area (Å²) in [7, 11) is 4.50. The van der Waals surface area contributed by atoms with E-state index in [0.29, 0.717) is 0 Å². The van der Waals surface area contributed by atoms with Crippen LogP contribution in [-0.4, -0.2) is 16.0 Å². The van der Waals surface area contributed by atoms with Crippen molar-refractivity contribution in [1.82, 2.24) is 0 Å². The smallest absolute Gasteiger partial charge is 0.203 e. The van der Waals surface area contributed by atoms with E-state index in [4.69, 9.17) is 33.9 Å². The lowest BCUT2D eigenvalue weighted by molar-refractivity contribution is -0.123. The predicted molar refractivity (Wildman–Crippen MR) is 38.8 cm³/mol. The number of hydrogen-bond donors (Lipinski definition) is 0. The summed E-state index contributed by atoms with van der Waals surface area (Å²) in [5, 5.41) is 0. The summed E-state index contributed by atoms with van der Waals surface area (Å²) < 4.78 is 44.4. The van der Waals surface area contributed by atoms with E-state index in [9.17, 15) is 17.6 Å². The van der Waals surface area contributed by atoms with Crippen LogP contribution in [-0.2, 0) is 0 Å². The molecule has 0 aliphatic carbocycles. The van der Waals surface area contributed by atoms with E-state index in [-0.39, 0.29) is 11.0 Å². The van der Waals surface area contributed by atoms with Crippen LogP contribution in [0.2, 0.25) is 0 Å². The maximum absolute atomic E-state index is 12.2. The van der Waals surface area contributed by atoms with Crippen molar-refractivity contribution in [1.29, 1.82) is 0 Å². The van der Waals surface area contributed by atoms with E-state index in [1.54, 1.807) is 0 Å². The molecule has 0 nitrogen and oxygen atoms in total. The van der Waals surface area contributed by atoms with Gasteiger partial charge in [0.25, 0.3) is 0 Å². The molecule has 0 radical (unpaired) electrons. The minimum absolute atomic E-state index is 0.265. The van der Waals surface area contributed by atoms with Gasteiger partial charge in [0.15, 0.2) is 0 Å². The van der Waals surface area contributed by atoms with Gasteiger partial charge in [0.05, 0.1) is 0 Å². The Bertz CT molecular complexity index is 139. The number of alkyl halides is 6. The molecular weight excluding hydrogens is 250 g/mol. The van der Waals surface area contributed by atoms with Crippen molar-refractivity contribution in [2.45, 2.75) is 16.0 Å². The molecule has 68 valence electrons. The van der Waals surface area contributed by atoms with Gasteiger partial charge < -0.3 is 0 Å². The van der Waals surface area contributed by atoms with Gasteiger partial charge in [-0.25, -0.2) is 8.78 Å². The van der Waals surface area contributed by atoms with Gasteiger partial charge in [-0.2, -0.15) is 8.78 Å². The van der Waals surface area contributed by atoms with E-state index in [1.165, 1.54) is 0 Å². The molecule has 0 aromatic rings. The van der Waals surface area contributed by atoms with Crippen molar-refractivity contribution >= 4 is 44.9 Å². The van der Waals surface area contributed by atoms with Crippen LogP contribution in [0.25, 0.3) is 0 Å². The van der Waals surface area contributed by atoms with E-state index >= 15 is 0 Å². The summed E-state index contributed by atoms with van der Waals surface area (Å²) in [6, 6.07) is 0. The highest BCUT2D eigenvalue weighted by molar-refractivity contribution is 8.24. The highest BCUT2D eigenvalue weighted by Gasteiger charge is 2.59. The zero-order chi connectivity index (χ0) is 9.28. The summed E-state index contributed by atoms with van der Waals surface area (Å²) in [4.78, 5) is 0. The maximum atomic E-state index is 12.2. The summed E-state index contributed by atoms with van der Waals surface area (Å²) >= 11 is 9.55. The van der Waals surface area contributed by atoms with Crippen LogP contribution in [0.3, 0.4) is 0 Å². The second kappa shape index (κ2) is 3.77. The van der Waals surface area contributed by atoms with Crippen molar-refractivity contribution in [3.63, 3.8) is 0 Å². The van der Waals surface area contributed by atoms with Gasteiger partial charge in [0, 0.05) is 0 Å². The standard InChI is InChI=1S/C3HCl3F4S/c4-3(5,11-6)2(9,10)1(7)8/h1H. The fraction of sp³-hybridized carbons (Fsp3) is 1.00. The van der Waals surface area contributed by atoms with Crippen LogP contribution in [0.5, 0.6) is 0 Å². The van der Waals surface area contributed by atoms with Crippen molar-refractivity contribution in [3.05, 3.63) is 0 Å². The third kappa shape index (κ3) is 2.44. The van der Waals surface area contributed by atoms with Gasteiger partial charge in [0.2, 0.25) is 3.67 Å². The first kappa shape index (κ1) is 11.9. The lowest BCUT2D eigenvalue weighted by Crippen LogP contribution is -2.41. The Balaban J connectivity index is 4.53. The van der Waals surface area contributed by atoms with Gasteiger partial charge in [-0.3, -0.25) is 0 Å². The Kier molecular flexibility index (Phi) is 4.09. The molecule has 0 aliphatic heterocycles. The topological polar surface area (TPSA) is 0 Å². The summed E-state index contributed by atoms with van der Waals surface area (Å²) in [5.74, 6) is -4.53. The van der Waals surface area contributed by atoms with Crippen molar-refractivity contribution < 1.29 is 17.6 Å². The molecule has 0 rings (SSSR count). The summed E-state index contributed by atoms with van der Waals surface area (Å²) in [6.07, 6.45) is -3.94. The Morgan fingerprint density at radius 2 is 1.55 bits per heavy atom. The average Bonchev–Trinajstić information content (AvgIpc) is 1.87. The molecule has 0 unspecified atom stereocenters. The zero-order valence-corrected chi connectivity index (χ0v) is 7.72. The van der Waals surface area contributed by atoms with Gasteiger partial charge in [-0.15, -0.1) is 0 Å². The van der Waals surface area contributed by atoms with Gasteiger partial charge in [0.1, 0.15) is 0 Å². The second-order valence-corrected chi connectivity index (χ2v) is 4.52. The van der Waals surface area contributed by atoms with Crippen LogP contribution in [0.4, 0.5) is 17.6 Å². The molecule has 0 saturated carbocycles. The van der Waals surface area contributed by atoms with E-state index in [1.807, 2.05) is 0 Å². The van der Waals surface area contributed by atoms with Gasteiger partial charge in [-0.1, -0.05) is 23.2 Å². The van der Waals surface area contributed by atoms with Crippen molar-refractivity contribution in [3.8, 4) is 0 Å². The van der Waals surface area contributed by atoms with Gasteiger partial charge in [-0.05, 0) is 21.7 Å². The third-order valence-corrected chi connectivity index (χ3v) is 3.36. The van der Waals surface area contributed by atoms with Crippen LogP contribution in [0, 0.1) is 0 Å². The minimum Gasteiger partial charge on any atom is -0.203 e. The van der Waals surface area contributed by atoms with Crippen LogP contribution >= 0.6 is 44.9 Å². The molecule has 0 N–H and O–H groups in total. The molecule has 11 heavy (non-hydrogen) atoms. The first-order chi connectivity index (χ1) is 4.75. The monoisotopic (exact) mass is 250 g/mol. The van der Waals surface area contributed by atoms with Crippen LogP contribution < -0.4 is 0 Å². The number of hydrogen-bond acceptors (Lipinski definition) is 1. The van der Waals surface area contributed by atoms with Crippen molar-refractivity contribution in [2.24, 2.45) is 0 Å². The lowest BCUT2D eigenvalue weighted by atomic mass is 10.4. The highest BCUT2D eigenvalue weighted by Crippen LogP contribution is 2.51. The van der Waals surface area contributed by atoms with E-state index < -0.39 is 16.0 Å². The van der Waals surface area contributed by atoms with Gasteiger partial charge >= 0.3 is 12.3 Å². The Morgan fingerprint density at radius 1 is 1.18 bits per heavy atom. The summed E-state index contributed by atoms with van der Waals surface area (Å²) in [6.45, 7) is 0. The molecule has 0 aromatic heterocycles. The first-order valence-corrected chi connectivity index (χ1v) is 4.49. The fourth-order valence-electron chi connectivity index (χ4n) is 0.178. The Hall–Kier alpha value is 0.940. The fourth-order valence-corrected chi connectivity index (χ4v) is 0.844. The first-order valence-electron chi connectivity index (χ1n) is 2.09. The average molecular weight is 251 g/mol. The molecule has 0 spiro atoms. The highest BCUT2D eigenvalue weighted by atomic mass is 35.7. The molecule has 0 fully saturated rings. The molecule has 8 heteroatoms. The van der Waals surface area contributed by atoms with E-state index in [0.717, 1.165) is 0 Å². The largest absolute Gasteiger partial charge is 0.349 e. The molecule has 0 aliphatic rings. The predicted octanol–water partition coefficient (Wildman–Crippen LogP) is 3.91. The second-order valence-electron chi connectivity index (χ2n) is 1.52. The maximum Gasteiger partial charge on any atom is 0.349 e. The normalized spacial score (nSPS) is 14.2. The van der Waals surface area contributed by atoms with Crippen LogP contribution in [0.15, 0.2) is 0 Å². The Labute approximate surface area is 78.7 Å². The molecule has 0 aromatic carbocycles.